The zero-order valence-electron chi connectivity index (χ0n) is 14.7. The van der Waals surface area contributed by atoms with Gasteiger partial charge in [0.1, 0.15) is 0 Å². The van der Waals surface area contributed by atoms with Crippen LogP contribution < -0.4 is 10.6 Å². The number of hydrogen-bond acceptors (Lipinski definition) is 6. The van der Waals surface area contributed by atoms with Gasteiger partial charge in [-0.05, 0) is 30.3 Å². The molecule has 142 valence electrons. The number of carbonyl (C=O) groups is 3. The Kier molecular flexibility index (Phi) is 6.30. The van der Waals surface area contributed by atoms with E-state index < -0.39 is 28.3 Å². The molecule has 0 unspecified atom stereocenters. The fourth-order valence-corrected chi connectivity index (χ4v) is 3.12. The van der Waals surface area contributed by atoms with E-state index in [9.17, 15) is 22.8 Å². The zero-order chi connectivity index (χ0) is 20.0. The van der Waals surface area contributed by atoms with Crippen LogP contribution in [-0.4, -0.2) is 39.1 Å². The second-order valence-electron chi connectivity index (χ2n) is 5.65. The summed E-state index contributed by atoms with van der Waals surface area (Å²) in [7, 11) is -3.62. The van der Waals surface area contributed by atoms with Crippen LogP contribution in [0, 0.1) is 0 Å². The van der Waals surface area contributed by atoms with Gasteiger partial charge >= 0.3 is 5.97 Å². The molecule has 2 aromatic rings. The summed E-state index contributed by atoms with van der Waals surface area (Å²) < 4.78 is 28.4. The van der Waals surface area contributed by atoms with Gasteiger partial charge in [0, 0.05) is 24.6 Å². The first kappa shape index (κ1) is 20.1. The second-order valence-corrected chi connectivity index (χ2v) is 7.64. The van der Waals surface area contributed by atoms with Crippen molar-refractivity contribution in [1.29, 1.82) is 0 Å². The van der Waals surface area contributed by atoms with E-state index in [1.165, 1.54) is 31.2 Å². The van der Waals surface area contributed by atoms with Gasteiger partial charge in [-0.15, -0.1) is 0 Å². The second kappa shape index (κ2) is 8.45. The predicted molar refractivity (Wildman–Crippen MR) is 99.2 cm³/mol. The number of anilines is 2. The molecule has 0 aliphatic carbocycles. The number of esters is 1. The number of benzene rings is 2. The zero-order valence-corrected chi connectivity index (χ0v) is 15.5. The van der Waals surface area contributed by atoms with Gasteiger partial charge in [0.2, 0.25) is 5.91 Å². The number of rotatable bonds is 6. The summed E-state index contributed by atoms with van der Waals surface area (Å²) in [6.07, 6.45) is 0.980. The molecular formula is C18H18N2O6S. The normalized spacial score (nSPS) is 10.7. The molecule has 0 fully saturated rings. The number of hydrogen-bond donors (Lipinski definition) is 2. The molecule has 0 bridgehead atoms. The lowest BCUT2D eigenvalue weighted by atomic mass is 10.2. The summed E-state index contributed by atoms with van der Waals surface area (Å²) in [6.45, 7) is 0.764. The average molecular weight is 390 g/mol. The smallest absolute Gasteiger partial charge is 0.339 e. The van der Waals surface area contributed by atoms with E-state index in [1.54, 1.807) is 24.3 Å². The van der Waals surface area contributed by atoms with Gasteiger partial charge < -0.3 is 15.4 Å². The van der Waals surface area contributed by atoms with Crippen molar-refractivity contribution in [2.24, 2.45) is 0 Å². The molecule has 2 amide bonds. The molecule has 0 aliphatic rings. The minimum Gasteiger partial charge on any atom is -0.452 e. The lowest BCUT2D eigenvalue weighted by Crippen LogP contribution is -2.22. The minimum atomic E-state index is -3.62. The summed E-state index contributed by atoms with van der Waals surface area (Å²) in [5.41, 5.74) is 0.763. The van der Waals surface area contributed by atoms with Crippen molar-refractivity contribution in [2.45, 2.75) is 11.8 Å². The Hall–Kier alpha value is -3.20. The Morgan fingerprint density at radius 1 is 0.963 bits per heavy atom. The standard InChI is InChI=1S/C18H18N2O6S/c1-12(21)19-13-6-5-7-14(10-13)20-17(22)11-26-18(23)15-8-3-4-9-16(15)27(2,24)25/h3-10H,11H2,1-2H3,(H,19,21)(H,20,22). The van der Waals surface area contributed by atoms with Crippen molar-refractivity contribution in [1.82, 2.24) is 0 Å². The molecule has 0 aromatic heterocycles. The van der Waals surface area contributed by atoms with Gasteiger partial charge in [-0.3, -0.25) is 9.59 Å². The average Bonchev–Trinajstić information content (AvgIpc) is 2.58. The van der Waals surface area contributed by atoms with Crippen LogP contribution in [0.15, 0.2) is 53.4 Å². The topological polar surface area (TPSA) is 119 Å². The highest BCUT2D eigenvalue weighted by Gasteiger charge is 2.20. The van der Waals surface area contributed by atoms with Crippen LogP contribution in [-0.2, 0) is 24.2 Å². The summed E-state index contributed by atoms with van der Waals surface area (Å²) in [5.74, 6) is -1.78. The molecule has 0 saturated carbocycles. The van der Waals surface area contributed by atoms with Gasteiger partial charge in [-0.25, -0.2) is 13.2 Å². The molecule has 27 heavy (non-hydrogen) atoms. The van der Waals surface area contributed by atoms with E-state index in [0.717, 1.165) is 6.26 Å². The number of carbonyl (C=O) groups excluding carboxylic acids is 3. The van der Waals surface area contributed by atoms with Gasteiger partial charge in [0.05, 0.1) is 10.5 Å². The summed E-state index contributed by atoms with van der Waals surface area (Å²) in [6, 6.07) is 12.0. The molecule has 2 aromatic carbocycles. The first-order valence-corrected chi connectivity index (χ1v) is 9.69. The number of nitrogens with one attached hydrogen (secondary N) is 2. The lowest BCUT2D eigenvalue weighted by Gasteiger charge is -2.10. The Bertz CT molecular complexity index is 985. The number of amides is 2. The van der Waals surface area contributed by atoms with Crippen LogP contribution in [0.4, 0.5) is 11.4 Å². The SMILES string of the molecule is CC(=O)Nc1cccc(NC(=O)COC(=O)c2ccccc2S(C)(=O)=O)c1. The van der Waals surface area contributed by atoms with Crippen LogP contribution in [0.1, 0.15) is 17.3 Å². The van der Waals surface area contributed by atoms with Gasteiger partial charge in [0.15, 0.2) is 16.4 Å². The Balaban J connectivity index is 2.00. The van der Waals surface area contributed by atoms with Crippen LogP contribution in [0.25, 0.3) is 0 Å². The van der Waals surface area contributed by atoms with Crippen LogP contribution >= 0.6 is 0 Å². The number of ether oxygens (including phenoxy) is 1. The molecule has 0 heterocycles. The monoisotopic (exact) mass is 390 g/mol. The maximum absolute atomic E-state index is 12.1. The van der Waals surface area contributed by atoms with Crippen LogP contribution in [0.2, 0.25) is 0 Å². The molecule has 0 aliphatic heterocycles. The molecule has 0 atom stereocenters. The highest BCUT2D eigenvalue weighted by Crippen LogP contribution is 2.17. The largest absolute Gasteiger partial charge is 0.452 e. The number of sulfone groups is 1. The molecule has 0 radical (unpaired) electrons. The van der Waals surface area contributed by atoms with E-state index in [0.29, 0.717) is 11.4 Å². The highest BCUT2D eigenvalue weighted by molar-refractivity contribution is 7.90. The van der Waals surface area contributed by atoms with Gasteiger partial charge in [0.25, 0.3) is 5.91 Å². The summed E-state index contributed by atoms with van der Waals surface area (Å²) >= 11 is 0. The van der Waals surface area contributed by atoms with Crippen molar-refractivity contribution in [3.05, 3.63) is 54.1 Å². The predicted octanol–water partition coefficient (Wildman–Crippen LogP) is 1.84. The Labute approximate surface area is 156 Å². The molecular weight excluding hydrogens is 372 g/mol. The fourth-order valence-electron chi connectivity index (χ4n) is 2.24. The minimum absolute atomic E-state index is 0.138. The highest BCUT2D eigenvalue weighted by atomic mass is 32.2. The fraction of sp³-hybridized carbons (Fsp3) is 0.167. The van der Waals surface area contributed by atoms with E-state index in [4.69, 9.17) is 4.74 Å². The van der Waals surface area contributed by atoms with E-state index in [1.807, 2.05) is 0 Å². The van der Waals surface area contributed by atoms with Gasteiger partial charge in [-0.1, -0.05) is 18.2 Å². The van der Waals surface area contributed by atoms with Crippen LogP contribution in [0.3, 0.4) is 0 Å². The third-order valence-electron chi connectivity index (χ3n) is 3.31. The molecule has 0 saturated heterocycles. The van der Waals surface area contributed by atoms with Gasteiger partial charge in [-0.2, -0.15) is 0 Å². The molecule has 9 heteroatoms. The van der Waals surface area contributed by atoms with E-state index in [2.05, 4.69) is 10.6 Å². The maximum Gasteiger partial charge on any atom is 0.339 e. The third-order valence-corrected chi connectivity index (χ3v) is 4.46. The molecule has 8 nitrogen and oxygen atoms in total. The van der Waals surface area contributed by atoms with Crippen molar-refractivity contribution >= 4 is 39.0 Å². The van der Waals surface area contributed by atoms with Crippen molar-refractivity contribution in [3.63, 3.8) is 0 Å². The Morgan fingerprint density at radius 3 is 2.22 bits per heavy atom. The van der Waals surface area contributed by atoms with Crippen molar-refractivity contribution in [3.8, 4) is 0 Å². The molecule has 2 rings (SSSR count). The summed E-state index contributed by atoms with van der Waals surface area (Å²) in [4.78, 5) is 35.0. The van der Waals surface area contributed by atoms with Crippen LogP contribution in [0.5, 0.6) is 0 Å². The molecule has 2 N–H and O–H groups in total. The first-order chi connectivity index (χ1) is 12.7. The lowest BCUT2D eigenvalue weighted by molar-refractivity contribution is -0.119. The maximum atomic E-state index is 12.1. The van der Waals surface area contributed by atoms with Crippen molar-refractivity contribution < 1.29 is 27.5 Å². The van der Waals surface area contributed by atoms with E-state index >= 15 is 0 Å². The molecule has 0 spiro atoms. The van der Waals surface area contributed by atoms with Crippen molar-refractivity contribution in [2.75, 3.05) is 23.5 Å². The third kappa shape index (κ3) is 5.93. The first-order valence-electron chi connectivity index (χ1n) is 7.80. The Morgan fingerprint density at radius 2 is 1.59 bits per heavy atom. The van der Waals surface area contributed by atoms with E-state index in [-0.39, 0.29) is 16.4 Å². The quantitative estimate of drug-likeness (QED) is 0.727. The summed E-state index contributed by atoms with van der Waals surface area (Å²) in [5, 5.41) is 5.10.